The molecule has 2 aliphatic rings. The van der Waals surface area contributed by atoms with Gasteiger partial charge in [0.05, 0.1) is 28.4 Å². The lowest BCUT2D eigenvalue weighted by Crippen LogP contribution is -2.31. The quantitative estimate of drug-likeness (QED) is 0.318. The first kappa shape index (κ1) is 28.9. The lowest BCUT2D eigenvalue weighted by molar-refractivity contribution is -0.157. The van der Waals surface area contributed by atoms with Crippen molar-refractivity contribution in [3.05, 3.63) is 34.9 Å². The number of ether oxygens (including phenoxy) is 8. The van der Waals surface area contributed by atoms with E-state index in [1.807, 2.05) is 13.8 Å². The monoisotopic (exact) mass is 556 g/mol. The second-order valence-corrected chi connectivity index (χ2v) is 9.76. The van der Waals surface area contributed by atoms with Crippen LogP contribution in [-0.4, -0.2) is 47.2 Å². The Morgan fingerprint density at radius 2 is 1.38 bits per heavy atom. The maximum atomic E-state index is 13.2. The highest BCUT2D eigenvalue weighted by Gasteiger charge is 2.44. The molecule has 1 aliphatic carbocycles. The van der Waals surface area contributed by atoms with Crippen LogP contribution in [0.5, 0.6) is 34.5 Å². The minimum Gasteiger partial charge on any atom is -0.493 e. The molecule has 10 nitrogen and oxygen atoms in total. The Kier molecular flexibility index (Phi) is 8.37. The van der Waals surface area contributed by atoms with Crippen molar-refractivity contribution in [2.75, 3.05) is 35.2 Å². The first-order chi connectivity index (χ1) is 19.1. The first-order valence-corrected chi connectivity index (χ1v) is 13.0. The van der Waals surface area contributed by atoms with Gasteiger partial charge in [0, 0.05) is 46.6 Å². The van der Waals surface area contributed by atoms with Gasteiger partial charge in [-0.05, 0) is 26.0 Å². The van der Waals surface area contributed by atoms with E-state index in [4.69, 9.17) is 37.9 Å². The molecule has 0 bridgehead atoms. The Morgan fingerprint density at radius 1 is 0.800 bits per heavy atom. The highest BCUT2D eigenvalue weighted by Crippen LogP contribution is 2.60. The van der Waals surface area contributed by atoms with E-state index < -0.39 is 24.1 Å². The third kappa shape index (κ3) is 4.76. The van der Waals surface area contributed by atoms with Crippen molar-refractivity contribution in [2.45, 2.75) is 46.8 Å². The predicted molar refractivity (Wildman–Crippen MR) is 145 cm³/mol. The summed E-state index contributed by atoms with van der Waals surface area (Å²) >= 11 is 0. The van der Waals surface area contributed by atoms with E-state index in [2.05, 4.69) is 0 Å². The largest absolute Gasteiger partial charge is 0.493 e. The van der Waals surface area contributed by atoms with Crippen molar-refractivity contribution >= 4 is 11.9 Å². The zero-order valence-electron chi connectivity index (χ0n) is 24.3. The third-order valence-corrected chi connectivity index (χ3v) is 7.64. The van der Waals surface area contributed by atoms with Gasteiger partial charge < -0.3 is 37.9 Å². The fourth-order valence-electron chi connectivity index (χ4n) is 5.33. The Morgan fingerprint density at radius 3 is 1.93 bits per heavy atom. The van der Waals surface area contributed by atoms with E-state index in [1.165, 1.54) is 35.4 Å². The Labute approximate surface area is 234 Å². The summed E-state index contributed by atoms with van der Waals surface area (Å²) in [4.78, 5) is 25.6. The number of rotatable bonds is 7. The molecule has 40 heavy (non-hydrogen) atoms. The van der Waals surface area contributed by atoms with Crippen molar-refractivity contribution < 1.29 is 47.5 Å². The number of carbonyl (C=O) groups is 2. The molecule has 1 aliphatic heterocycles. The average Bonchev–Trinajstić information content (AvgIpc) is 3.43. The Balaban J connectivity index is 2.21. The van der Waals surface area contributed by atoms with E-state index in [9.17, 15) is 9.59 Å². The van der Waals surface area contributed by atoms with Crippen LogP contribution >= 0.6 is 0 Å². The number of allylic oxidation sites excluding steroid dienone is 1. The smallest absolute Gasteiger partial charge is 0.333 e. The molecule has 2 aromatic carbocycles. The molecular formula is C30H36O10. The zero-order chi connectivity index (χ0) is 29.3. The van der Waals surface area contributed by atoms with Crippen molar-refractivity contribution in [3.63, 3.8) is 0 Å². The summed E-state index contributed by atoms with van der Waals surface area (Å²) < 4.78 is 47.0. The summed E-state index contributed by atoms with van der Waals surface area (Å²) in [7, 11) is 6.05. The predicted octanol–water partition coefficient (Wildman–Crippen LogP) is 5.56. The minimum absolute atomic E-state index is 0.00241. The van der Waals surface area contributed by atoms with Gasteiger partial charge in [-0.2, -0.15) is 0 Å². The fraction of sp³-hybridized carbons (Fsp3) is 0.467. The van der Waals surface area contributed by atoms with Crippen LogP contribution in [-0.2, 0) is 19.1 Å². The van der Waals surface area contributed by atoms with Gasteiger partial charge in [0.25, 0.3) is 0 Å². The number of esters is 2. The van der Waals surface area contributed by atoms with Crippen molar-refractivity contribution in [3.8, 4) is 45.6 Å². The van der Waals surface area contributed by atoms with Gasteiger partial charge in [-0.25, -0.2) is 4.79 Å². The standard InChI is InChI=1S/C30H36O10/c1-10-14(2)30(32)40-25-16(4)15(3)24(39-17(5)31)19-12-21-27(38-13-37-21)29(36-9)23(19)22-18(25)11-20(33-6)26(34-7)28(22)35-8/h10-12,15-16,24-25H,13H2,1-9H3/b14-10-/t15-,16+,24+,25+/m1/s1. The molecule has 4 atom stereocenters. The van der Waals surface area contributed by atoms with E-state index in [-0.39, 0.29) is 18.6 Å². The van der Waals surface area contributed by atoms with E-state index in [1.54, 1.807) is 32.1 Å². The molecule has 0 N–H and O–H groups in total. The van der Waals surface area contributed by atoms with Gasteiger partial charge in [0.2, 0.25) is 18.3 Å². The number of fused-ring (bicyclic) bond motifs is 4. The second-order valence-electron chi connectivity index (χ2n) is 9.76. The van der Waals surface area contributed by atoms with Gasteiger partial charge in [0.1, 0.15) is 12.2 Å². The molecule has 0 aromatic heterocycles. The SMILES string of the molecule is C/C=C(/C)C(=O)O[C@@H]1c2cc(OC)c(OC)c(OC)c2-c2c(cc3c(c2OC)OCO3)[C@@H](OC(C)=O)[C@H](C)[C@@H]1C. The summed E-state index contributed by atoms with van der Waals surface area (Å²) in [5, 5.41) is 0. The summed E-state index contributed by atoms with van der Waals surface area (Å²) in [6, 6.07) is 3.58. The Bertz CT molecular complexity index is 1340. The minimum atomic E-state index is -0.803. The number of hydrogen-bond acceptors (Lipinski definition) is 10. The van der Waals surface area contributed by atoms with E-state index >= 15 is 0 Å². The average molecular weight is 557 g/mol. The molecule has 10 heteroatoms. The molecule has 0 fully saturated rings. The second kappa shape index (κ2) is 11.6. The summed E-state index contributed by atoms with van der Waals surface area (Å²) in [5.41, 5.74) is 2.74. The highest BCUT2D eigenvalue weighted by atomic mass is 16.7. The topological polar surface area (TPSA) is 108 Å². The molecule has 216 valence electrons. The van der Waals surface area contributed by atoms with E-state index in [0.29, 0.717) is 62.3 Å². The molecule has 0 saturated carbocycles. The van der Waals surface area contributed by atoms with Crippen molar-refractivity contribution in [1.29, 1.82) is 0 Å². The summed E-state index contributed by atoms with van der Waals surface area (Å²) in [6.07, 6.45) is 0.124. The molecule has 1 heterocycles. The van der Waals surface area contributed by atoms with Crippen LogP contribution in [0.4, 0.5) is 0 Å². The number of carbonyl (C=O) groups excluding carboxylic acids is 2. The molecule has 0 spiro atoms. The highest BCUT2D eigenvalue weighted by molar-refractivity contribution is 5.91. The van der Waals surface area contributed by atoms with Crippen LogP contribution in [0.15, 0.2) is 23.8 Å². The molecule has 2 aromatic rings. The molecular weight excluding hydrogens is 520 g/mol. The number of benzene rings is 2. The van der Waals surface area contributed by atoms with Crippen molar-refractivity contribution in [1.82, 2.24) is 0 Å². The lowest BCUT2D eigenvalue weighted by atomic mass is 9.74. The third-order valence-electron chi connectivity index (χ3n) is 7.64. The summed E-state index contributed by atoms with van der Waals surface area (Å²) in [5.74, 6) is 0.625. The lowest BCUT2D eigenvalue weighted by Gasteiger charge is -2.38. The zero-order valence-corrected chi connectivity index (χ0v) is 24.3. The fourth-order valence-corrected chi connectivity index (χ4v) is 5.33. The van der Waals surface area contributed by atoms with Crippen LogP contribution in [0.3, 0.4) is 0 Å². The molecule has 0 saturated heterocycles. The van der Waals surface area contributed by atoms with Crippen molar-refractivity contribution in [2.24, 2.45) is 11.8 Å². The summed E-state index contributed by atoms with van der Waals surface area (Å²) in [6.45, 7) is 8.72. The maximum Gasteiger partial charge on any atom is 0.333 e. The Hall–Kier alpha value is -4.08. The molecule has 0 amide bonds. The number of methoxy groups -OCH3 is 4. The molecule has 0 unspecified atom stereocenters. The first-order valence-electron chi connectivity index (χ1n) is 13.0. The normalized spacial score (nSPS) is 21.3. The van der Waals surface area contributed by atoms with Crippen LogP contribution in [0.25, 0.3) is 11.1 Å². The molecule has 4 rings (SSSR count). The number of hydrogen-bond donors (Lipinski definition) is 0. The van der Waals surface area contributed by atoms with Gasteiger partial charge >= 0.3 is 11.9 Å². The van der Waals surface area contributed by atoms with Gasteiger partial charge in [-0.15, -0.1) is 0 Å². The maximum absolute atomic E-state index is 13.2. The van der Waals surface area contributed by atoms with Crippen LogP contribution in [0.1, 0.15) is 58.0 Å². The van der Waals surface area contributed by atoms with E-state index in [0.717, 1.165) is 0 Å². The molecule has 0 radical (unpaired) electrons. The van der Waals surface area contributed by atoms with Gasteiger partial charge in [-0.1, -0.05) is 19.9 Å². The van der Waals surface area contributed by atoms with Gasteiger partial charge in [0.15, 0.2) is 23.0 Å². The van der Waals surface area contributed by atoms with Crippen LogP contribution in [0, 0.1) is 11.8 Å². The van der Waals surface area contributed by atoms with Crippen LogP contribution in [0.2, 0.25) is 0 Å². The van der Waals surface area contributed by atoms with Crippen LogP contribution < -0.4 is 28.4 Å². The van der Waals surface area contributed by atoms with Gasteiger partial charge in [-0.3, -0.25) is 4.79 Å².